The van der Waals surface area contributed by atoms with Gasteiger partial charge in [-0.15, -0.1) is 10.2 Å². The number of rotatable bonds is 5. The van der Waals surface area contributed by atoms with Crippen molar-refractivity contribution in [2.75, 3.05) is 13.1 Å². The van der Waals surface area contributed by atoms with E-state index in [1.165, 1.54) is 0 Å². The highest BCUT2D eigenvalue weighted by Crippen LogP contribution is 2.38. The second-order valence-electron chi connectivity index (χ2n) is 7.27. The molecule has 2 aromatic heterocycles. The number of alkyl halides is 3. The van der Waals surface area contributed by atoms with Gasteiger partial charge in [-0.3, -0.25) is 9.69 Å². The molecule has 1 saturated carbocycles. The molecule has 27 heavy (non-hydrogen) atoms. The number of piperidine rings is 1. The second-order valence-corrected chi connectivity index (χ2v) is 7.27. The third-order valence-corrected chi connectivity index (χ3v) is 5.09. The van der Waals surface area contributed by atoms with E-state index in [0.717, 1.165) is 31.4 Å². The number of halogens is 3. The van der Waals surface area contributed by atoms with E-state index in [0.29, 0.717) is 31.5 Å². The highest BCUT2D eigenvalue weighted by Gasteiger charge is 2.38. The quantitative estimate of drug-likeness (QED) is 0.789. The minimum Gasteiger partial charge on any atom is -0.416 e. The van der Waals surface area contributed by atoms with Crippen LogP contribution in [0.2, 0.25) is 0 Å². The third kappa shape index (κ3) is 4.37. The molecule has 3 heterocycles. The normalized spacial score (nSPS) is 19.5. The van der Waals surface area contributed by atoms with Crippen molar-refractivity contribution in [3.8, 4) is 0 Å². The zero-order valence-corrected chi connectivity index (χ0v) is 14.7. The van der Waals surface area contributed by atoms with Gasteiger partial charge >= 0.3 is 12.1 Å². The number of aromatic nitrogens is 4. The summed E-state index contributed by atoms with van der Waals surface area (Å²) in [6.45, 7) is 2.17. The predicted molar refractivity (Wildman–Crippen MR) is 87.8 cm³/mol. The van der Waals surface area contributed by atoms with E-state index < -0.39 is 12.1 Å². The van der Waals surface area contributed by atoms with Crippen LogP contribution in [0, 0.1) is 5.92 Å². The monoisotopic (exact) mass is 383 g/mol. The molecule has 0 radical (unpaired) electrons. The van der Waals surface area contributed by atoms with Crippen LogP contribution in [0.3, 0.4) is 0 Å². The average Bonchev–Trinajstić information content (AvgIpc) is 3.36. The van der Waals surface area contributed by atoms with Crippen LogP contribution in [-0.2, 0) is 19.3 Å². The van der Waals surface area contributed by atoms with Crippen molar-refractivity contribution in [1.29, 1.82) is 0 Å². The molecule has 2 fully saturated rings. The molecule has 0 unspecified atom stereocenters. The van der Waals surface area contributed by atoms with Gasteiger partial charge < -0.3 is 4.42 Å². The van der Waals surface area contributed by atoms with E-state index in [9.17, 15) is 18.0 Å². The maximum atomic E-state index is 12.5. The topological polar surface area (TPSA) is 77.1 Å². The molecule has 0 N–H and O–H groups in total. The first kappa shape index (κ1) is 18.1. The van der Waals surface area contributed by atoms with Gasteiger partial charge in [-0.2, -0.15) is 18.3 Å². The summed E-state index contributed by atoms with van der Waals surface area (Å²) in [7, 11) is 0. The van der Waals surface area contributed by atoms with E-state index in [1.807, 2.05) is 11.0 Å². The molecule has 0 spiro atoms. The van der Waals surface area contributed by atoms with Crippen LogP contribution in [0.1, 0.15) is 49.1 Å². The van der Waals surface area contributed by atoms with E-state index >= 15 is 0 Å². The number of likely N-dealkylation sites (tertiary alicyclic amines) is 1. The first-order valence-electron chi connectivity index (χ1n) is 9.08. The summed E-state index contributed by atoms with van der Waals surface area (Å²) in [6.07, 6.45) is -0.678. The van der Waals surface area contributed by atoms with Crippen molar-refractivity contribution in [2.24, 2.45) is 5.92 Å². The fourth-order valence-electron chi connectivity index (χ4n) is 3.39. The van der Waals surface area contributed by atoms with Crippen molar-refractivity contribution >= 4 is 0 Å². The molecular formula is C17H20F3N5O2. The molecule has 10 heteroatoms. The standard InChI is InChI=1S/C17H20F3N5O2/c18-17(19,20)16-22-21-14(27-16)10-24-7-5-11(6-8-24)9-25-15(26)4-3-13(23-25)12-1-2-12/h3-4,11-12H,1-2,5-10H2. The second kappa shape index (κ2) is 7.06. The first-order valence-corrected chi connectivity index (χ1v) is 9.08. The van der Waals surface area contributed by atoms with Gasteiger partial charge in [-0.25, -0.2) is 4.68 Å². The molecule has 0 aromatic carbocycles. The summed E-state index contributed by atoms with van der Waals surface area (Å²) < 4.78 is 43.8. The summed E-state index contributed by atoms with van der Waals surface area (Å²) in [5.74, 6) is -0.534. The van der Waals surface area contributed by atoms with Crippen LogP contribution in [0.5, 0.6) is 0 Å². The van der Waals surface area contributed by atoms with Gasteiger partial charge in [-0.05, 0) is 50.8 Å². The fraction of sp³-hybridized carbons (Fsp3) is 0.647. The molecule has 146 valence electrons. The lowest BCUT2D eigenvalue weighted by Crippen LogP contribution is -2.36. The van der Waals surface area contributed by atoms with Crippen molar-refractivity contribution in [1.82, 2.24) is 24.9 Å². The molecule has 0 bridgehead atoms. The van der Waals surface area contributed by atoms with Gasteiger partial charge in [0.05, 0.1) is 12.2 Å². The Kier molecular flexibility index (Phi) is 4.75. The molecule has 2 aliphatic rings. The molecule has 1 saturated heterocycles. The van der Waals surface area contributed by atoms with Gasteiger partial charge in [0.15, 0.2) is 0 Å². The zero-order chi connectivity index (χ0) is 19.0. The highest BCUT2D eigenvalue weighted by atomic mass is 19.4. The van der Waals surface area contributed by atoms with Crippen molar-refractivity contribution < 1.29 is 17.6 Å². The van der Waals surface area contributed by atoms with E-state index in [1.54, 1.807) is 10.7 Å². The lowest BCUT2D eigenvalue weighted by molar-refractivity contribution is -0.157. The Bertz CT molecular complexity index is 851. The number of hydrogen-bond donors (Lipinski definition) is 0. The van der Waals surface area contributed by atoms with Crippen LogP contribution in [0.25, 0.3) is 0 Å². The maximum absolute atomic E-state index is 12.5. The van der Waals surface area contributed by atoms with Crippen molar-refractivity contribution in [3.63, 3.8) is 0 Å². The van der Waals surface area contributed by atoms with Crippen LogP contribution in [-0.4, -0.2) is 38.0 Å². The maximum Gasteiger partial charge on any atom is 0.470 e. The Morgan fingerprint density at radius 1 is 1.11 bits per heavy atom. The Balaban J connectivity index is 1.31. The summed E-state index contributed by atoms with van der Waals surface area (Å²) in [6, 6.07) is 3.41. The predicted octanol–water partition coefficient (Wildman–Crippen LogP) is 2.43. The summed E-state index contributed by atoms with van der Waals surface area (Å²) in [4.78, 5) is 14.0. The SMILES string of the molecule is O=c1ccc(C2CC2)nn1CC1CCN(Cc2nnc(C(F)(F)F)o2)CC1. The lowest BCUT2D eigenvalue weighted by Gasteiger charge is -2.30. The van der Waals surface area contributed by atoms with Gasteiger partial charge in [-0.1, -0.05) is 0 Å². The van der Waals surface area contributed by atoms with E-state index in [-0.39, 0.29) is 18.0 Å². The van der Waals surface area contributed by atoms with Crippen LogP contribution >= 0.6 is 0 Å². The lowest BCUT2D eigenvalue weighted by atomic mass is 9.97. The van der Waals surface area contributed by atoms with Gasteiger partial charge in [0, 0.05) is 18.5 Å². The van der Waals surface area contributed by atoms with Crippen molar-refractivity contribution in [3.05, 3.63) is 40.0 Å². The van der Waals surface area contributed by atoms with Gasteiger partial charge in [0.2, 0.25) is 5.89 Å². The van der Waals surface area contributed by atoms with E-state index in [4.69, 9.17) is 0 Å². The molecule has 2 aromatic rings. The summed E-state index contributed by atoms with van der Waals surface area (Å²) in [5.41, 5.74) is 0.899. The van der Waals surface area contributed by atoms with Crippen molar-refractivity contribution in [2.45, 2.75) is 50.9 Å². The van der Waals surface area contributed by atoms with Crippen LogP contribution in [0.4, 0.5) is 13.2 Å². The van der Waals surface area contributed by atoms with Crippen LogP contribution in [0.15, 0.2) is 21.3 Å². The molecule has 0 atom stereocenters. The zero-order valence-electron chi connectivity index (χ0n) is 14.7. The number of hydrogen-bond acceptors (Lipinski definition) is 6. The summed E-state index contributed by atoms with van der Waals surface area (Å²) in [5, 5.41) is 11.0. The molecular weight excluding hydrogens is 363 g/mol. The Labute approximate surface area is 153 Å². The molecule has 4 rings (SSSR count). The first-order chi connectivity index (χ1) is 12.9. The minimum absolute atomic E-state index is 0.0317. The van der Waals surface area contributed by atoms with Crippen LogP contribution < -0.4 is 5.56 Å². The average molecular weight is 383 g/mol. The molecule has 0 amide bonds. The Morgan fingerprint density at radius 2 is 1.85 bits per heavy atom. The molecule has 1 aliphatic heterocycles. The van der Waals surface area contributed by atoms with Gasteiger partial charge in [0.25, 0.3) is 5.56 Å². The Morgan fingerprint density at radius 3 is 2.48 bits per heavy atom. The van der Waals surface area contributed by atoms with Gasteiger partial charge in [0.1, 0.15) is 0 Å². The smallest absolute Gasteiger partial charge is 0.416 e. The number of nitrogens with zero attached hydrogens (tertiary/aromatic N) is 5. The fourth-order valence-corrected chi connectivity index (χ4v) is 3.39. The molecule has 1 aliphatic carbocycles. The van der Waals surface area contributed by atoms with E-state index in [2.05, 4.69) is 19.7 Å². The Hall–Kier alpha value is -2.23. The minimum atomic E-state index is -4.62. The largest absolute Gasteiger partial charge is 0.470 e. The summed E-state index contributed by atoms with van der Waals surface area (Å²) >= 11 is 0. The third-order valence-electron chi connectivity index (χ3n) is 5.09. The highest BCUT2D eigenvalue weighted by molar-refractivity contribution is 5.12. The molecule has 7 nitrogen and oxygen atoms in total.